The molecule has 11 heteroatoms. The van der Waals surface area contributed by atoms with Crippen LogP contribution in [-0.4, -0.2) is 57.9 Å². The van der Waals surface area contributed by atoms with Crippen LogP contribution in [0.2, 0.25) is 0 Å². The van der Waals surface area contributed by atoms with Gasteiger partial charge in [-0.1, -0.05) is 0 Å². The third-order valence-electron chi connectivity index (χ3n) is 1.97. The van der Waals surface area contributed by atoms with E-state index < -0.39 is 42.4 Å². The Morgan fingerprint density at radius 2 is 1.80 bits per heavy atom. The number of nitrogens with zero attached hydrogens (tertiary/aromatic N) is 1. The molecule has 0 saturated carbocycles. The highest BCUT2D eigenvalue weighted by Crippen LogP contribution is 1.98. The SMILES string of the molecule is NC(=NC(CC(=O)O)C(=O)O)NOCC[C@H](N)C(=O)O. The van der Waals surface area contributed by atoms with Gasteiger partial charge >= 0.3 is 17.9 Å². The molecule has 0 aliphatic carbocycles. The van der Waals surface area contributed by atoms with Crippen molar-refractivity contribution in [2.45, 2.75) is 24.9 Å². The topological polar surface area (TPSA) is 198 Å². The van der Waals surface area contributed by atoms with Crippen LogP contribution in [0.5, 0.6) is 0 Å². The number of hydroxylamine groups is 1. The first-order valence-corrected chi connectivity index (χ1v) is 5.38. The Kier molecular flexibility index (Phi) is 7.62. The molecule has 1 unspecified atom stereocenters. The molecule has 0 bridgehead atoms. The van der Waals surface area contributed by atoms with Crippen molar-refractivity contribution in [1.82, 2.24) is 5.48 Å². The van der Waals surface area contributed by atoms with E-state index in [1.807, 2.05) is 0 Å². The van der Waals surface area contributed by atoms with Gasteiger partial charge in [-0.25, -0.2) is 15.3 Å². The number of carboxylic acid groups (broad SMARTS) is 3. The second-order valence-corrected chi connectivity index (χ2v) is 3.65. The fraction of sp³-hybridized carbons (Fsp3) is 0.556. The zero-order chi connectivity index (χ0) is 15.7. The zero-order valence-corrected chi connectivity index (χ0v) is 10.4. The van der Waals surface area contributed by atoms with Gasteiger partial charge in [0.2, 0.25) is 5.96 Å². The Hall–Kier alpha value is -2.40. The minimum absolute atomic E-state index is 0.00685. The first kappa shape index (κ1) is 17.6. The highest BCUT2D eigenvalue weighted by molar-refractivity contribution is 5.85. The number of hydrogen-bond donors (Lipinski definition) is 6. The third-order valence-corrected chi connectivity index (χ3v) is 1.97. The lowest BCUT2D eigenvalue weighted by atomic mass is 10.2. The number of aliphatic carboxylic acids is 3. The molecule has 0 aliphatic heterocycles. The van der Waals surface area contributed by atoms with Crippen molar-refractivity contribution >= 4 is 23.9 Å². The van der Waals surface area contributed by atoms with E-state index in [1.54, 1.807) is 0 Å². The van der Waals surface area contributed by atoms with Crippen LogP contribution in [0.1, 0.15) is 12.8 Å². The number of guanidine groups is 1. The fourth-order valence-electron chi connectivity index (χ4n) is 0.982. The summed E-state index contributed by atoms with van der Waals surface area (Å²) in [6.07, 6.45) is -0.741. The van der Waals surface area contributed by atoms with E-state index in [-0.39, 0.29) is 13.0 Å². The molecule has 0 fully saturated rings. The van der Waals surface area contributed by atoms with Crippen molar-refractivity contribution in [2.75, 3.05) is 6.61 Å². The van der Waals surface area contributed by atoms with Gasteiger partial charge in [-0.15, -0.1) is 0 Å². The zero-order valence-electron chi connectivity index (χ0n) is 10.4. The number of hydrogen-bond acceptors (Lipinski definition) is 6. The maximum Gasteiger partial charge on any atom is 0.329 e. The third kappa shape index (κ3) is 7.84. The van der Waals surface area contributed by atoms with Gasteiger partial charge in [0.15, 0.2) is 6.04 Å². The number of rotatable bonds is 9. The van der Waals surface area contributed by atoms with Gasteiger partial charge < -0.3 is 26.8 Å². The maximum atomic E-state index is 10.7. The summed E-state index contributed by atoms with van der Waals surface area (Å²) in [6, 6.07) is -2.65. The lowest BCUT2D eigenvalue weighted by Gasteiger charge is -2.10. The van der Waals surface area contributed by atoms with Crippen molar-refractivity contribution in [3.63, 3.8) is 0 Å². The standard InChI is InChI=1S/C9H16N4O7/c10-4(7(16)17)1-2-20-13-9(11)12-5(8(18)19)3-6(14)15/h4-5H,1-3,10H2,(H,14,15)(H,16,17)(H,18,19)(H3,11,12,13)/t4-,5?/m0/s1. The molecule has 0 radical (unpaired) electrons. The summed E-state index contributed by atoms with van der Waals surface area (Å²) < 4.78 is 0. The number of carbonyl (C=O) groups is 3. The Labute approximate surface area is 113 Å². The lowest BCUT2D eigenvalue weighted by Crippen LogP contribution is -2.37. The van der Waals surface area contributed by atoms with Crippen molar-refractivity contribution in [1.29, 1.82) is 0 Å². The van der Waals surface area contributed by atoms with Gasteiger partial charge in [0.05, 0.1) is 13.0 Å². The Morgan fingerprint density at radius 1 is 1.20 bits per heavy atom. The molecule has 0 amide bonds. The minimum atomic E-state index is -1.55. The second-order valence-electron chi connectivity index (χ2n) is 3.65. The van der Waals surface area contributed by atoms with E-state index in [0.717, 1.165) is 0 Å². The molecule has 11 nitrogen and oxygen atoms in total. The first-order valence-electron chi connectivity index (χ1n) is 5.38. The number of nitrogens with one attached hydrogen (secondary N) is 1. The number of aliphatic imine (C=N–C) groups is 1. The van der Waals surface area contributed by atoms with Gasteiger partial charge in [-0.2, -0.15) is 0 Å². The van der Waals surface area contributed by atoms with Crippen LogP contribution in [0.15, 0.2) is 4.99 Å². The molecule has 114 valence electrons. The molecule has 0 aromatic rings. The summed E-state index contributed by atoms with van der Waals surface area (Å²) in [5, 5.41) is 25.7. The molecule has 2 atom stereocenters. The maximum absolute atomic E-state index is 10.7. The first-order chi connectivity index (χ1) is 9.23. The van der Waals surface area contributed by atoms with Crippen LogP contribution in [0, 0.1) is 0 Å². The quantitative estimate of drug-likeness (QED) is 0.115. The van der Waals surface area contributed by atoms with E-state index in [4.69, 9.17) is 31.6 Å². The Bertz CT molecular complexity index is 398. The monoisotopic (exact) mass is 292 g/mol. The fourth-order valence-corrected chi connectivity index (χ4v) is 0.982. The molecule has 0 rings (SSSR count). The van der Waals surface area contributed by atoms with Crippen LogP contribution < -0.4 is 16.9 Å². The average Bonchev–Trinajstić information content (AvgIpc) is 2.32. The van der Waals surface area contributed by atoms with E-state index in [1.165, 1.54) is 0 Å². The van der Waals surface area contributed by atoms with Gasteiger partial charge in [0, 0.05) is 0 Å². The van der Waals surface area contributed by atoms with E-state index in [9.17, 15) is 14.4 Å². The normalized spacial score (nSPS) is 14.3. The number of nitrogens with two attached hydrogens (primary N) is 2. The molecule has 0 aliphatic rings. The Balaban J connectivity index is 4.19. The summed E-state index contributed by atoms with van der Waals surface area (Å²) >= 11 is 0. The van der Waals surface area contributed by atoms with Crippen molar-refractivity contribution < 1.29 is 34.5 Å². The van der Waals surface area contributed by atoms with Crippen molar-refractivity contribution in [3.8, 4) is 0 Å². The minimum Gasteiger partial charge on any atom is -0.481 e. The van der Waals surface area contributed by atoms with E-state index in [0.29, 0.717) is 0 Å². The second kappa shape index (κ2) is 8.66. The Morgan fingerprint density at radius 3 is 2.25 bits per heavy atom. The largest absolute Gasteiger partial charge is 0.481 e. The summed E-state index contributed by atoms with van der Waals surface area (Å²) in [5.74, 6) is -4.43. The predicted molar refractivity (Wildman–Crippen MR) is 64.6 cm³/mol. The van der Waals surface area contributed by atoms with E-state index >= 15 is 0 Å². The molecule has 0 aromatic heterocycles. The summed E-state index contributed by atoms with van der Waals surface area (Å²) in [5.41, 5.74) is 12.5. The van der Waals surface area contributed by atoms with Crippen LogP contribution in [0.4, 0.5) is 0 Å². The van der Waals surface area contributed by atoms with E-state index in [2.05, 4.69) is 10.5 Å². The van der Waals surface area contributed by atoms with Gasteiger partial charge in [0.25, 0.3) is 0 Å². The van der Waals surface area contributed by atoms with Gasteiger partial charge in [0.1, 0.15) is 6.04 Å². The molecular weight excluding hydrogens is 276 g/mol. The molecule has 0 heterocycles. The molecule has 0 aromatic carbocycles. The summed E-state index contributed by atoms with van der Waals surface area (Å²) in [4.78, 5) is 39.6. The average molecular weight is 292 g/mol. The summed E-state index contributed by atoms with van der Waals surface area (Å²) in [7, 11) is 0. The number of carboxylic acids is 3. The van der Waals surface area contributed by atoms with Gasteiger partial charge in [-0.05, 0) is 6.42 Å². The highest BCUT2D eigenvalue weighted by atomic mass is 16.6. The van der Waals surface area contributed by atoms with Gasteiger partial charge in [-0.3, -0.25) is 14.4 Å². The molecule has 0 spiro atoms. The predicted octanol–water partition coefficient (Wildman–Crippen LogP) is -2.45. The van der Waals surface area contributed by atoms with Crippen LogP contribution in [0.25, 0.3) is 0 Å². The molecule has 0 saturated heterocycles. The smallest absolute Gasteiger partial charge is 0.329 e. The highest BCUT2D eigenvalue weighted by Gasteiger charge is 2.20. The lowest BCUT2D eigenvalue weighted by molar-refractivity contribution is -0.144. The molecule has 8 N–H and O–H groups in total. The van der Waals surface area contributed by atoms with Crippen LogP contribution in [-0.2, 0) is 19.2 Å². The summed E-state index contributed by atoms with van der Waals surface area (Å²) in [6.45, 7) is -0.111. The van der Waals surface area contributed by atoms with Crippen molar-refractivity contribution in [3.05, 3.63) is 0 Å². The van der Waals surface area contributed by atoms with Crippen molar-refractivity contribution in [2.24, 2.45) is 16.5 Å². The molecular formula is C9H16N4O7. The van der Waals surface area contributed by atoms with Crippen LogP contribution >= 0.6 is 0 Å². The molecule has 20 heavy (non-hydrogen) atoms. The van der Waals surface area contributed by atoms with Crippen LogP contribution in [0.3, 0.4) is 0 Å².